The lowest BCUT2D eigenvalue weighted by atomic mass is 9.99. The molecule has 0 saturated carbocycles. The van der Waals surface area contributed by atoms with Crippen LogP contribution in [-0.4, -0.2) is 58.5 Å². The molecule has 2 aromatic rings. The second kappa shape index (κ2) is 10.8. The Hall–Kier alpha value is -2.58. The molecule has 1 atom stereocenters. The summed E-state index contributed by atoms with van der Waals surface area (Å²) in [5, 5.41) is 3.33. The first-order valence-electron chi connectivity index (χ1n) is 12.4. The molecule has 8 heteroatoms. The molecule has 1 amide bonds. The number of carbonyl (C=O) groups is 1. The third-order valence-corrected chi connectivity index (χ3v) is 8.04. The van der Waals surface area contributed by atoms with Crippen molar-refractivity contribution in [3.05, 3.63) is 53.6 Å². The van der Waals surface area contributed by atoms with Crippen LogP contribution in [0, 0.1) is 5.92 Å². The van der Waals surface area contributed by atoms with Crippen molar-refractivity contribution in [2.75, 3.05) is 48.9 Å². The van der Waals surface area contributed by atoms with Crippen LogP contribution in [0.25, 0.3) is 0 Å². The second-order valence-corrected chi connectivity index (χ2v) is 11.1. The summed E-state index contributed by atoms with van der Waals surface area (Å²) < 4.78 is 29.4. The third kappa shape index (κ3) is 5.73. The molecule has 0 radical (unpaired) electrons. The van der Waals surface area contributed by atoms with Crippen molar-refractivity contribution in [2.24, 2.45) is 5.92 Å². The zero-order chi connectivity index (χ0) is 24.1. The fourth-order valence-electron chi connectivity index (χ4n) is 4.82. The first kappa shape index (κ1) is 24.5. The van der Waals surface area contributed by atoms with E-state index >= 15 is 0 Å². The average molecular weight is 485 g/mol. The summed E-state index contributed by atoms with van der Waals surface area (Å²) >= 11 is 0. The molecule has 2 aromatic carbocycles. The van der Waals surface area contributed by atoms with E-state index in [1.165, 1.54) is 0 Å². The largest absolute Gasteiger partial charge is 0.367 e. The van der Waals surface area contributed by atoms with Gasteiger partial charge in [0.15, 0.2) is 0 Å². The summed E-state index contributed by atoms with van der Waals surface area (Å²) in [6, 6.07) is 12.5. The van der Waals surface area contributed by atoms with E-state index in [1.54, 1.807) is 18.2 Å². The first-order chi connectivity index (χ1) is 16.4. The first-order valence-corrected chi connectivity index (χ1v) is 13.9. The lowest BCUT2D eigenvalue weighted by Crippen LogP contribution is -2.44. The Labute approximate surface area is 203 Å². The van der Waals surface area contributed by atoms with Crippen LogP contribution >= 0.6 is 0 Å². The topological polar surface area (TPSA) is 81.8 Å². The number of aryl methyl sites for hydroxylation is 1. The molecule has 0 aliphatic carbocycles. The van der Waals surface area contributed by atoms with Gasteiger partial charge in [0.1, 0.15) is 0 Å². The van der Waals surface area contributed by atoms with Crippen molar-refractivity contribution < 1.29 is 13.2 Å². The number of carbonyl (C=O) groups excluding carboxylic acids is 1. The molecule has 2 saturated heterocycles. The van der Waals surface area contributed by atoms with Crippen LogP contribution in [0.4, 0.5) is 11.4 Å². The molecule has 34 heavy (non-hydrogen) atoms. The molecule has 0 unspecified atom stereocenters. The van der Waals surface area contributed by atoms with Gasteiger partial charge >= 0.3 is 0 Å². The molecule has 4 rings (SSSR count). The van der Waals surface area contributed by atoms with E-state index in [9.17, 15) is 13.2 Å². The maximum atomic E-state index is 13.3. The number of hydrogen-bond donors (Lipinski definition) is 2. The number of hydrogen-bond acceptors (Lipinski definition) is 5. The normalized spacial score (nSPS) is 19.2. The smallest absolute Gasteiger partial charge is 0.261 e. The molecule has 0 bridgehead atoms. The number of piperazine rings is 1. The molecule has 2 aliphatic rings. The summed E-state index contributed by atoms with van der Waals surface area (Å²) in [7, 11) is -3.80. The summed E-state index contributed by atoms with van der Waals surface area (Å²) in [6.45, 7) is 8.96. The molecular formula is C26H36N4O3S. The molecule has 184 valence electrons. The number of nitrogens with one attached hydrogen (secondary N) is 2. The number of amides is 1. The minimum atomic E-state index is -3.80. The summed E-state index contributed by atoms with van der Waals surface area (Å²) in [4.78, 5) is 17.5. The fourth-order valence-corrected chi connectivity index (χ4v) is 5.88. The standard InChI is InChI=1S/C26H36N4O3S/c1-3-5-21-7-10-23(11-8-21)34(32,33)28-24-18-22(26(31)30-15-4-6-20(2)19-30)9-12-25(24)29-16-13-27-14-17-29/h7-12,18,20,27-28H,3-6,13-17,19H2,1-2H3/t20-/m1/s1. The maximum absolute atomic E-state index is 13.3. The van der Waals surface area contributed by atoms with Crippen LogP contribution in [0.1, 0.15) is 49.0 Å². The Bertz CT molecular complexity index is 1100. The summed E-state index contributed by atoms with van der Waals surface area (Å²) in [5.74, 6) is 0.439. The van der Waals surface area contributed by atoms with Crippen molar-refractivity contribution in [3.63, 3.8) is 0 Å². The number of rotatable bonds is 7. The van der Waals surface area contributed by atoms with Crippen LogP contribution in [0.5, 0.6) is 0 Å². The molecule has 7 nitrogen and oxygen atoms in total. The number of sulfonamides is 1. The molecular weight excluding hydrogens is 448 g/mol. The Balaban J connectivity index is 1.64. The van der Waals surface area contributed by atoms with Gasteiger partial charge in [-0.25, -0.2) is 8.42 Å². The Kier molecular flexibility index (Phi) is 7.78. The van der Waals surface area contributed by atoms with Gasteiger partial charge in [0.05, 0.1) is 16.3 Å². The molecule has 0 aromatic heterocycles. The second-order valence-electron chi connectivity index (χ2n) is 9.47. The molecule has 0 spiro atoms. The maximum Gasteiger partial charge on any atom is 0.261 e. The average Bonchev–Trinajstić information content (AvgIpc) is 2.84. The van der Waals surface area contributed by atoms with Gasteiger partial charge in [-0.2, -0.15) is 0 Å². The summed E-state index contributed by atoms with van der Waals surface area (Å²) in [5.41, 5.74) is 2.89. The number of nitrogens with zero attached hydrogens (tertiary/aromatic N) is 2. The molecule has 2 aliphatic heterocycles. The van der Waals surface area contributed by atoms with Gasteiger partial charge in [0.2, 0.25) is 0 Å². The van der Waals surface area contributed by atoms with E-state index in [1.807, 2.05) is 29.2 Å². The van der Waals surface area contributed by atoms with E-state index < -0.39 is 10.0 Å². The minimum absolute atomic E-state index is 0.0391. The Morgan fingerprint density at radius 1 is 1.09 bits per heavy atom. The van der Waals surface area contributed by atoms with Crippen molar-refractivity contribution in [3.8, 4) is 0 Å². The van der Waals surface area contributed by atoms with Gasteiger partial charge in [0.25, 0.3) is 15.9 Å². The van der Waals surface area contributed by atoms with E-state index in [0.717, 1.165) is 76.2 Å². The van der Waals surface area contributed by atoms with Crippen molar-refractivity contribution in [1.82, 2.24) is 10.2 Å². The highest BCUT2D eigenvalue weighted by molar-refractivity contribution is 7.92. The van der Waals surface area contributed by atoms with Crippen molar-refractivity contribution >= 4 is 27.3 Å². The lowest BCUT2D eigenvalue weighted by molar-refractivity contribution is 0.0683. The Morgan fingerprint density at radius 3 is 2.50 bits per heavy atom. The number of piperidine rings is 1. The fraction of sp³-hybridized carbons (Fsp3) is 0.500. The highest BCUT2D eigenvalue weighted by Crippen LogP contribution is 2.31. The van der Waals surface area contributed by atoms with Crippen LogP contribution in [0.15, 0.2) is 47.4 Å². The van der Waals surface area contributed by atoms with Gasteiger partial charge in [-0.1, -0.05) is 32.4 Å². The number of likely N-dealkylation sites (tertiary alicyclic amines) is 1. The van der Waals surface area contributed by atoms with Gasteiger partial charge in [-0.05, 0) is 61.1 Å². The zero-order valence-corrected chi connectivity index (χ0v) is 21.0. The van der Waals surface area contributed by atoms with E-state index in [4.69, 9.17) is 0 Å². The van der Waals surface area contributed by atoms with Crippen molar-refractivity contribution in [2.45, 2.75) is 44.4 Å². The van der Waals surface area contributed by atoms with E-state index in [0.29, 0.717) is 17.2 Å². The van der Waals surface area contributed by atoms with Crippen LogP contribution in [0.2, 0.25) is 0 Å². The van der Waals surface area contributed by atoms with Gasteiger partial charge in [-0.3, -0.25) is 9.52 Å². The number of benzene rings is 2. The minimum Gasteiger partial charge on any atom is -0.367 e. The highest BCUT2D eigenvalue weighted by atomic mass is 32.2. The van der Waals surface area contributed by atoms with Crippen LogP contribution < -0.4 is 14.9 Å². The third-order valence-electron chi connectivity index (χ3n) is 6.66. The zero-order valence-electron chi connectivity index (χ0n) is 20.2. The monoisotopic (exact) mass is 484 g/mol. The van der Waals surface area contributed by atoms with Gasteiger partial charge < -0.3 is 15.1 Å². The van der Waals surface area contributed by atoms with Gasteiger partial charge in [0, 0.05) is 44.8 Å². The Morgan fingerprint density at radius 2 is 1.82 bits per heavy atom. The molecule has 2 heterocycles. The van der Waals surface area contributed by atoms with Gasteiger partial charge in [-0.15, -0.1) is 0 Å². The molecule has 2 N–H and O–H groups in total. The highest BCUT2D eigenvalue weighted by Gasteiger charge is 2.25. The molecule has 2 fully saturated rings. The van der Waals surface area contributed by atoms with Crippen LogP contribution in [-0.2, 0) is 16.4 Å². The predicted molar refractivity (Wildman–Crippen MR) is 137 cm³/mol. The van der Waals surface area contributed by atoms with E-state index in [-0.39, 0.29) is 10.8 Å². The SMILES string of the molecule is CCCc1ccc(S(=O)(=O)Nc2cc(C(=O)N3CCC[C@@H](C)C3)ccc2N2CCNCC2)cc1. The lowest BCUT2D eigenvalue weighted by Gasteiger charge is -2.33. The summed E-state index contributed by atoms with van der Waals surface area (Å²) in [6.07, 6.45) is 4.06. The van der Waals surface area contributed by atoms with Crippen molar-refractivity contribution in [1.29, 1.82) is 0 Å². The van der Waals surface area contributed by atoms with Crippen LogP contribution in [0.3, 0.4) is 0 Å². The van der Waals surface area contributed by atoms with E-state index in [2.05, 4.69) is 28.8 Å². The predicted octanol–water partition coefficient (Wildman–Crippen LogP) is 3.72. The quantitative estimate of drug-likeness (QED) is 0.626. The number of anilines is 2.